The van der Waals surface area contributed by atoms with E-state index in [-0.39, 0.29) is 12.2 Å². The number of β-amino-alcohol motifs (C(OH)–C–C–N with tert-alkyl or cyclic N) is 1. The monoisotopic (exact) mass is 331 g/mol. The van der Waals surface area contributed by atoms with Crippen LogP contribution in [0.25, 0.3) is 0 Å². The van der Waals surface area contributed by atoms with E-state index in [1.54, 1.807) is 32.4 Å². The predicted molar refractivity (Wildman–Crippen MR) is 89.9 cm³/mol. The molecular formula is C19H22FNO3. The number of halogens is 1. The summed E-state index contributed by atoms with van der Waals surface area (Å²) >= 11 is 0. The van der Waals surface area contributed by atoms with Gasteiger partial charge >= 0.3 is 0 Å². The Morgan fingerprint density at radius 3 is 2.50 bits per heavy atom. The van der Waals surface area contributed by atoms with Gasteiger partial charge in [0.25, 0.3) is 0 Å². The average molecular weight is 331 g/mol. The van der Waals surface area contributed by atoms with E-state index in [9.17, 15) is 9.50 Å². The second-order valence-corrected chi connectivity index (χ2v) is 6.34. The molecule has 1 N–H and O–H groups in total. The minimum atomic E-state index is -1.19. The van der Waals surface area contributed by atoms with Gasteiger partial charge in [0.1, 0.15) is 11.4 Å². The van der Waals surface area contributed by atoms with Crippen molar-refractivity contribution < 1.29 is 19.0 Å². The van der Waals surface area contributed by atoms with Crippen LogP contribution in [0.5, 0.6) is 11.5 Å². The van der Waals surface area contributed by atoms with Crippen LogP contribution in [-0.2, 0) is 18.6 Å². The summed E-state index contributed by atoms with van der Waals surface area (Å²) in [5, 5.41) is 11.4. The summed E-state index contributed by atoms with van der Waals surface area (Å²) in [4.78, 5) is 2.02. The molecule has 4 nitrogen and oxygen atoms in total. The zero-order valence-electron chi connectivity index (χ0n) is 14.2. The quantitative estimate of drug-likeness (QED) is 0.935. The van der Waals surface area contributed by atoms with Gasteiger partial charge in [-0.05, 0) is 41.9 Å². The van der Waals surface area contributed by atoms with E-state index in [1.807, 2.05) is 24.1 Å². The minimum Gasteiger partial charge on any atom is -0.493 e. The fraction of sp³-hybridized carbons (Fsp3) is 0.368. The fourth-order valence-electron chi connectivity index (χ4n) is 3.47. The summed E-state index contributed by atoms with van der Waals surface area (Å²) in [7, 11) is 5.09. The number of ether oxygens (including phenoxy) is 2. The van der Waals surface area contributed by atoms with Gasteiger partial charge in [-0.1, -0.05) is 18.2 Å². The molecule has 0 aliphatic carbocycles. The molecule has 2 aromatic rings. The van der Waals surface area contributed by atoms with Gasteiger partial charge in [-0.15, -0.1) is 0 Å². The molecule has 3 rings (SSSR count). The summed E-state index contributed by atoms with van der Waals surface area (Å²) in [5.74, 6) is 0.883. The third kappa shape index (κ3) is 2.97. The molecule has 0 saturated carbocycles. The number of rotatable bonds is 4. The Kier molecular flexibility index (Phi) is 4.47. The number of hydrogen-bond acceptors (Lipinski definition) is 4. The first kappa shape index (κ1) is 16.7. The van der Waals surface area contributed by atoms with E-state index in [2.05, 4.69) is 0 Å². The maximum atomic E-state index is 14.1. The first-order valence-electron chi connectivity index (χ1n) is 7.86. The Balaban J connectivity index is 2.08. The number of hydrogen-bond donors (Lipinski definition) is 1. The van der Waals surface area contributed by atoms with Gasteiger partial charge in [0, 0.05) is 19.5 Å². The summed E-state index contributed by atoms with van der Waals surface area (Å²) in [5.41, 5.74) is 1.03. The van der Waals surface area contributed by atoms with Crippen molar-refractivity contribution in [3.8, 4) is 11.5 Å². The Morgan fingerprint density at radius 2 is 1.83 bits per heavy atom. The van der Waals surface area contributed by atoms with Gasteiger partial charge in [-0.2, -0.15) is 0 Å². The van der Waals surface area contributed by atoms with Crippen LogP contribution in [-0.4, -0.2) is 37.8 Å². The highest BCUT2D eigenvalue weighted by molar-refractivity contribution is 5.50. The van der Waals surface area contributed by atoms with Crippen LogP contribution in [0, 0.1) is 5.82 Å². The van der Waals surface area contributed by atoms with Crippen molar-refractivity contribution in [2.75, 3.05) is 27.8 Å². The van der Waals surface area contributed by atoms with Gasteiger partial charge < -0.3 is 14.6 Å². The van der Waals surface area contributed by atoms with E-state index in [1.165, 1.54) is 6.07 Å². The van der Waals surface area contributed by atoms with Gasteiger partial charge in [0.05, 0.1) is 14.2 Å². The third-order valence-corrected chi connectivity index (χ3v) is 4.52. The van der Waals surface area contributed by atoms with E-state index in [0.29, 0.717) is 30.2 Å². The van der Waals surface area contributed by atoms with Crippen LogP contribution in [0.1, 0.15) is 16.7 Å². The van der Waals surface area contributed by atoms with Crippen LogP contribution in [0.2, 0.25) is 0 Å². The zero-order valence-corrected chi connectivity index (χ0v) is 14.2. The van der Waals surface area contributed by atoms with Crippen molar-refractivity contribution in [1.82, 2.24) is 4.90 Å². The van der Waals surface area contributed by atoms with Crippen LogP contribution >= 0.6 is 0 Å². The molecule has 0 radical (unpaired) electrons. The predicted octanol–water partition coefficient (Wildman–Crippen LogP) is 2.72. The molecule has 1 heterocycles. The summed E-state index contributed by atoms with van der Waals surface area (Å²) in [6.07, 6.45) is 0.201. The maximum Gasteiger partial charge on any atom is 0.161 e. The molecule has 24 heavy (non-hydrogen) atoms. The molecule has 1 atom stereocenters. The van der Waals surface area contributed by atoms with E-state index in [0.717, 1.165) is 11.1 Å². The van der Waals surface area contributed by atoms with E-state index >= 15 is 0 Å². The lowest BCUT2D eigenvalue weighted by atomic mass is 9.81. The van der Waals surface area contributed by atoms with Crippen molar-refractivity contribution in [2.45, 2.75) is 18.6 Å². The smallest absolute Gasteiger partial charge is 0.161 e. The molecule has 1 unspecified atom stereocenters. The van der Waals surface area contributed by atoms with Crippen LogP contribution in [0.4, 0.5) is 4.39 Å². The van der Waals surface area contributed by atoms with Gasteiger partial charge in [-0.3, -0.25) is 4.90 Å². The standard InChI is InChI=1S/C19H22FNO3/c1-21-11-14-8-17(23-2)18(24-3)9-15(14)19(22,12-21)10-13-6-4-5-7-16(13)20/h4-9,22H,10-12H2,1-3H3. The number of likely N-dealkylation sites (N-methyl/N-ethyl adjacent to an activating group) is 1. The highest BCUT2D eigenvalue weighted by atomic mass is 19.1. The topological polar surface area (TPSA) is 41.9 Å². The Morgan fingerprint density at radius 1 is 1.17 bits per heavy atom. The molecular weight excluding hydrogens is 309 g/mol. The maximum absolute atomic E-state index is 14.1. The molecule has 5 heteroatoms. The van der Waals surface area contributed by atoms with E-state index in [4.69, 9.17) is 9.47 Å². The number of nitrogens with zero attached hydrogens (tertiary/aromatic N) is 1. The zero-order chi connectivity index (χ0) is 17.3. The highest BCUT2D eigenvalue weighted by Crippen LogP contribution is 2.40. The molecule has 0 amide bonds. The largest absolute Gasteiger partial charge is 0.493 e. The van der Waals surface area contributed by atoms with Crippen LogP contribution < -0.4 is 9.47 Å². The lowest BCUT2D eigenvalue weighted by Crippen LogP contribution is -2.45. The molecule has 2 aromatic carbocycles. The number of aliphatic hydroxyl groups is 1. The Labute approximate surface area is 141 Å². The van der Waals surface area contributed by atoms with E-state index < -0.39 is 5.60 Å². The van der Waals surface area contributed by atoms with Crippen molar-refractivity contribution in [2.24, 2.45) is 0 Å². The Hall–Kier alpha value is -2.11. The SMILES string of the molecule is COc1cc2c(cc1OC)C(O)(Cc1ccccc1F)CN(C)C2. The minimum absolute atomic E-state index is 0.201. The van der Waals surface area contributed by atoms with Gasteiger partial charge in [-0.25, -0.2) is 4.39 Å². The first-order chi connectivity index (χ1) is 11.5. The number of methoxy groups -OCH3 is 2. The summed E-state index contributed by atoms with van der Waals surface area (Å²) in [6.45, 7) is 1.11. The third-order valence-electron chi connectivity index (χ3n) is 4.52. The first-order valence-corrected chi connectivity index (χ1v) is 7.86. The molecule has 0 spiro atoms. The second-order valence-electron chi connectivity index (χ2n) is 6.34. The van der Waals surface area contributed by atoms with Crippen LogP contribution in [0.15, 0.2) is 36.4 Å². The second kappa shape index (κ2) is 6.42. The normalized spacial score (nSPS) is 20.5. The molecule has 0 aromatic heterocycles. The molecule has 1 aliphatic heterocycles. The van der Waals surface area contributed by atoms with Crippen molar-refractivity contribution in [1.29, 1.82) is 0 Å². The lowest BCUT2D eigenvalue weighted by Gasteiger charge is -2.40. The Bertz CT molecular complexity index is 749. The van der Waals surface area contributed by atoms with Crippen LogP contribution in [0.3, 0.4) is 0 Å². The molecule has 1 aliphatic rings. The number of fused-ring (bicyclic) bond motifs is 1. The number of benzene rings is 2. The highest BCUT2D eigenvalue weighted by Gasteiger charge is 2.38. The van der Waals surface area contributed by atoms with Crippen molar-refractivity contribution in [3.05, 3.63) is 58.9 Å². The van der Waals surface area contributed by atoms with Crippen molar-refractivity contribution >= 4 is 0 Å². The summed E-state index contributed by atoms with van der Waals surface area (Å²) in [6, 6.07) is 10.3. The van der Waals surface area contributed by atoms with Crippen molar-refractivity contribution in [3.63, 3.8) is 0 Å². The van der Waals surface area contributed by atoms with Gasteiger partial charge in [0.2, 0.25) is 0 Å². The molecule has 0 fully saturated rings. The molecule has 0 bridgehead atoms. The summed E-state index contributed by atoms with van der Waals surface area (Å²) < 4.78 is 24.8. The fourth-order valence-corrected chi connectivity index (χ4v) is 3.47. The molecule has 0 saturated heterocycles. The lowest BCUT2D eigenvalue weighted by molar-refractivity contribution is -0.00933. The molecule has 128 valence electrons. The van der Waals surface area contributed by atoms with Gasteiger partial charge in [0.15, 0.2) is 11.5 Å². The average Bonchev–Trinajstić information content (AvgIpc) is 2.55.